The summed E-state index contributed by atoms with van der Waals surface area (Å²) in [6, 6.07) is 14.1. The molecule has 3 aromatic rings. The average molecular weight is 489 g/mol. The molecule has 0 bridgehead atoms. The van der Waals surface area contributed by atoms with E-state index in [4.69, 9.17) is 5.10 Å². The Bertz CT molecular complexity index is 1200. The van der Waals surface area contributed by atoms with Crippen molar-refractivity contribution < 1.29 is 10.2 Å². The molecule has 6 nitrogen and oxygen atoms in total. The van der Waals surface area contributed by atoms with E-state index in [-0.39, 0.29) is 11.5 Å². The van der Waals surface area contributed by atoms with E-state index >= 15 is 0 Å². The van der Waals surface area contributed by atoms with Crippen molar-refractivity contribution in [2.75, 3.05) is 32.7 Å². The molecule has 192 valence electrons. The molecular weight excluding hydrogens is 448 g/mol. The Morgan fingerprint density at radius 1 is 1.00 bits per heavy atom. The second-order valence-electron chi connectivity index (χ2n) is 11.7. The summed E-state index contributed by atoms with van der Waals surface area (Å²) in [5.41, 5.74) is 2.16. The molecule has 0 spiro atoms. The maximum atomic E-state index is 12.7. The van der Waals surface area contributed by atoms with Crippen molar-refractivity contribution in [2.45, 2.75) is 69.6 Å². The van der Waals surface area contributed by atoms with Gasteiger partial charge < -0.3 is 15.1 Å². The number of benzene rings is 2. The van der Waals surface area contributed by atoms with Crippen molar-refractivity contribution in [3.05, 3.63) is 59.8 Å². The molecule has 36 heavy (non-hydrogen) atoms. The summed E-state index contributed by atoms with van der Waals surface area (Å²) in [5.74, 6) is 1.10. The third-order valence-corrected chi connectivity index (χ3v) is 9.59. The second-order valence-corrected chi connectivity index (χ2v) is 11.7. The molecule has 3 aliphatic rings. The molecule has 1 aromatic heterocycles. The lowest BCUT2D eigenvalue weighted by atomic mass is 9.57. The highest BCUT2D eigenvalue weighted by Crippen LogP contribution is 2.53. The highest BCUT2D eigenvalue weighted by atomic mass is 16.3. The number of fused-ring (bicyclic) bond motifs is 2. The number of aromatic nitrogens is 2. The van der Waals surface area contributed by atoms with Crippen LogP contribution in [0, 0.1) is 12.8 Å². The molecule has 3 atom stereocenters. The molecular formula is C30H40N4O2. The fraction of sp³-hybridized carbons (Fsp3) is 0.567. The molecule has 2 N–H and O–H groups in total. The van der Waals surface area contributed by atoms with E-state index in [1.807, 2.05) is 18.2 Å². The van der Waals surface area contributed by atoms with E-state index in [1.54, 1.807) is 6.07 Å². The lowest BCUT2D eigenvalue weighted by molar-refractivity contribution is -0.136. The number of hydrogen-bond donors (Lipinski definition) is 2. The summed E-state index contributed by atoms with van der Waals surface area (Å²) in [4.78, 5) is 5.07. The zero-order valence-corrected chi connectivity index (χ0v) is 21.7. The minimum absolute atomic E-state index is 0.0879. The van der Waals surface area contributed by atoms with Gasteiger partial charge in [0.25, 0.3) is 0 Å². The molecule has 3 unspecified atom stereocenters. The third kappa shape index (κ3) is 4.13. The molecule has 3 heterocycles. The average Bonchev–Trinajstić information content (AvgIpc) is 3.62. The van der Waals surface area contributed by atoms with E-state index in [1.165, 1.54) is 23.8 Å². The Balaban J connectivity index is 1.28. The van der Waals surface area contributed by atoms with E-state index < -0.39 is 5.60 Å². The molecule has 2 aliphatic heterocycles. The van der Waals surface area contributed by atoms with Gasteiger partial charge in [-0.25, -0.2) is 0 Å². The number of hydrogen-bond acceptors (Lipinski definition) is 5. The Labute approximate surface area is 214 Å². The summed E-state index contributed by atoms with van der Waals surface area (Å²) in [5, 5.41) is 29.1. The van der Waals surface area contributed by atoms with Gasteiger partial charge >= 0.3 is 0 Å². The number of phenols is 1. The molecule has 1 saturated carbocycles. The van der Waals surface area contributed by atoms with Crippen LogP contribution in [0.15, 0.2) is 48.7 Å². The molecule has 0 radical (unpaired) electrons. The van der Waals surface area contributed by atoms with E-state index in [2.05, 4.69) is 52.7 Å². The number of piperidine rings is 1. The van der Waals surface area contributed by atoms with Crippen LogP contribution in [0.25, 0.3) is 10.9 Å². The van der Waals surface area contributed by atoms with Gasteiger partial charge in [0.2, 0.25) is 0 Å². The SMILES string of the molecule is Cc1ccc(O)cc1C12CCN(CCn3cc4ccccc4n3)CCC1(O)C(C)N(CC1CC1)CC2. The summed E-state index contributed by atoms with van der Waals surface area (Å²) < 4.78 is 2.06. The Hall–Kier alpha value is -2.41. The number of aliphatic hydroxyl groups is 1. The number of phenolic OH excluding ortho intramolecular Hbond substituents is 1. The van der Waals surface area contributed by atoms with Gasteiger partial charge in [0, 0.05) is 42.7 Å². The summed E-state index contributed by atoms with van der Waals surface area (Å²) in [6.07, 6.45) is 7.37. The number of nitrogens with zero attached hydrogens (tertiary/aromatic N) is 4. The number of aromatic hydroxyl groups is 1. The van der Waals surface area contributed by atoms with Gasteiger partial charge in [0.15, 0.2) is 0 Å². The summed E-state index contributed by atoms with van der Waals surface area (Å²) in [6.45, 7) is 10.1. The topological polar surface area (TPSA) is 64.8 Å². The van der Waals surface area contributed by atoms with Crippen LogP contribution < -0.4 is 0 Å². The van der Waals surface area contributed by atoms with Crippen molar-refractivity contribution >= 4 is 10.9 Å². The third-order valence-electron chi connectivity index (χ3n) is 9.59. The molecule has 6 rings (SSSR count). The lowest BCUT2D eigenvalue weighted by Gasteiger charge is -2.58. The zero-order valence-electron chi connectivity index (χ0n) is 21.7. The minimum Gasteiger partial charge on any atom is -0.508 e. The molecule has 2 aromatic carbocycles. The van der Waals surface area contributed by atoms with Crippen LogP contribution in [0.2, 0.25) is 0 Å². The number of rotatable bonds is 6. The van der Waals surface area contributed by atoms with Crippen LogP contribution in [0.3, 0.4) is 0 Å². The predicted molar refractivity (Wildman–Crippen MR) is 143 cm³/mol. The molecule has 6 heteroatoms. The van der Waals surface area contributed by atoms with Gasteiger partial charge in [-0.3, -0.25) is 9.58 Å². The Kier molecular flexibility index (Phi) is 6.09. The fourth-order valence-corrected chi connectivity index (χ4v) is 7.13. The number of likely N-dealkylation sites (tertiary alicyclic amines) is 2. The van der Waals surface area contributed by atoms with Gasteiger partial charge in [0.05, 0.1) is 17.7 Å². The van der Waals surface area contributed by atoms with Gasteiger partial charge in [0.1, 0.15) is 5.75 Å². The van der Waals surface area contributed by atoms with E-state index in [9.17, 15) is 10.2 Å². The quantitative estimate of drug-likeness (QED) is 0.541. The first kappa shape index (κ1) is 24.0. The van der Waals surface area contributed by atoms with Gasteiger partial charge in [-0.1, -0.05) is 24.3 Å². The smallest absolute Gasteiger partial charge is 0.115 e. The number of aryl methyl sites for hydroxylation is 1. The monoisotopic (exact) mass is 488 g/mol. The van der Waals surface area contributed by atoms with Gasteiger partial charge in [-0.2, -0.15) is 5.10 Å². The Morgan fingerprint density at radius 3 is 2.58 bits per heavy atom. The first-order chi connectivity index (χ1) is 17.4. The van der Waals surface area contributed by atoms with Crippen molar-refractivity contribution in [3.63, 3.8) is 0 Å². The highest BCUT2D eigenvalue weighted by Gasteiger charge is 2.59. The standard InChI is InChI=1S/C30H40N4O2/c1-22-7-10-26(35)19-27(22)29-11-14-32(17-18-34-21-25-5-3-4-6-28(25)31-34)15-13-30(29,36)23(2)33(16-12-29)20-24-8-9-24/h3-7,10,19,21,23-24,35-36H,8-9,11-18,20H2,1-2H3. The fourth-order valence-electron chi connectivity index (χ4n) is 7.13. The highest BCUT2D eigenvalue weighted by molar-refractivity contribution is 5.77. The van der Waals surface area contributed by atoms with Crippen LogP contribution in [-0.2, 0) is 12.0 Å². The Morgan fingerprint density at radius 2 is 1.78 bits per heavy atom. The van der Waals surface area contributed by atoms with Crippen LogP contribution in [0.5, 0.6) is 5.75 Å². The largest absolute Gasteiger partial charge is 0.508 e. The van der Waals surface area contributed by atoms with Gasteiger partial charge in [-0.05, 0) is 94.3 Å². The summed E-state index contributed by atoms with van der Waals surface area (Å²) >= 11 is 0. The zero-order chi connectivity index (χ0) is 24.9. The van der Waals surface area contributed by atoms with Crippen LogP contribution in [0.1, 0.15) is 50.2 Å². The first-order valence-corrected chi connectivity index (χ1v) is 13.8. The van der Waals surface area contributed by atoms with Gasteiger partial charge in [-0.15, -0.1) is 0 Å². The maximum Gasteiger partial charge on any atom is 0.115 e. The van der Waals surface area contributed by atoms with Crippen molar-refractivity contribution in [3.8, 4) is 5.75 Å². The maximum absolute atomic E-state index is 12.7. The van der Waals surface area contributed by atoms with Crippen molar-refractivity contribution in [1.29, 1.82) is 0 Å². The van der Waals surface area contributed by atoms with Crippen LogP contribution >= 0.6 is 0 Å². The molecule has 3 fully saturated rings. The summed E-state index contributed by atoms with van der Waals surface area (Å²) in [7, 11) is 0. The van der Waals surface area contributed by atoms with Crippen molar-refractivity contribution in [1.82, 2.24) is 19.6 Å². The second kappa shape index (κ2) is 9.16. The predicted octanol–water partition coefficient (Wildman–Crippen LogP) is 4.32. The lowest BCUT2D eigenvalue weighted by Crippen LogP contribution is -2.68. The molecule has 0 amide bonds. The first-order valence-electron chi connectivity index (χ1n) is 13.8. The van der Waals surface area contributed by atoms with Crippen LogP contribution in [0.4, 0.5) is 0 Å². The van der Waals surface area contributed by atoms with E-state index in [0.29, 0.717) is 5.75 Å². The van der Waals surface area contributed by atoms with Crippen LogP contribution in [-0.4, -0.2) is 74.2 Å². The molecule has 1 aliphatic carbocycles. The molecule has 2 saturated heterocycles. The van der Waals surface area contributed by atoms with E-state index in [0.717, 1.165) is 75.5 Å². The minimum atomic E-state index is -0.839. The normalized spacial score (nSPS) is 29.8. The van der Waals surface area contributed by atoms with Crippen molar-refractivity contribution in [2.24, 2.45) is 5.92 Å².